The van der Waals surface area contributed by atoms with Crippen molar-refractivity contribution in [2.45, 2.75) is 39.3 Å². The Morgan fingerprint density at radius 2 is 1.79 bits per heavy atom. The summed E-state index contributed by atoms with van der Waals surface area (Å²) in [7, 11) is 1.66. The van der Waals surface area contributed by atoms with Gasteiger partial charge in [-0.15, -0.1) is 0 Å². The summed E-state index contributed by atoms with van der Waals surface area (Å²) < 4.78 is 35.8. The average Bonchev–Trinajstić information content (AvgIpc) is 3.56. The van der Waals surface area contributed by atoms with E-state index in [-0.39, 0.29) is 41.8 Å². The topological polar surface area (TPSA) is 86.5 Å². The number of nitrogens with zero attached hydrogens (tertiary/aromatic N) is 4. The third-order valence-electron chi connectivity index (χ3n) is 8.78. The van der Waals surface area contributed by atoms with Gasteiger partial charge in [0.25, 0.3) is 5.91 Å². The van der Waals surface area contributed by atoms with Crippen LogP contribution in [0.15, 0.2) is 85.1 Å². The van der Waals surface area contributed by atoms with Gasteiger partial charge in [-0.3, -0.25) is 9.78 Å². The minimum absolute atomic E-state index is 0.148. The molecule has 48 heavy (non-hydrogen) atoms. The van der Waals surface area contributed by atoms with E-state index in [1.54, 1.807) is 60.2 Å². The molecule has 9 heteroatoms. The Balaban J connectivity index is 1.38. The number of likely N-dealkylation sites (tertiary alicyclic amines) is 1. The molecule has 0 unspecified atom stereocenters. The number of likely N-dealkylation sites (N-methyl/N-ethyl adjacent to an activating group) is 1. The first-order chi connectivity index (χ1) is 23.1. The predicted molar refractivity (Wildman–Crippen MR) is 180 cm³/mol. The number of carbonyl (C=O) groups is 2. The van der Waals surface area contributed by atoms with Crippen LogP contribution in [0.3, 0.4) is 0 Å². The van der Waals surface area contributed by atoms with Crippen molar-refractivity contribution in [2.24, 2.45) is 0 Å². The van der Waals surface area contributed by atoms with E-state index in [0.717, 1.165) is 23.6 Å². The zero-order chi connectivity index (χ0) is 33.9. The summed E-state index contributed by atoms with van der Waals surface area (Å²) in [5, 5.41) is 9.88. The number of pyridine rings is 1. The molecule has 2 amide bonds. The monoisotopic (exact) mass is 644 g/mol. The van der Waals surface area contributed by atoms with Gasteiger partial charge in [-0.25, -0.2) is 13.6 Å². The number of amides is 2. The molecule has 1 aliphatic heterocycles. The molecule has 0 N–H and O–H groups in total. The van der Waals surface area contributed by atoms with Gasteiger partial charge in [0.15, 0.2) is 0 Å². The Morgan fingerprint density at radius 3 is 2.56 bits per heavy atom. The number of aryl methyl sites for hydroxylation is 2. The normalized spacial score (nSPS) is 14.2. The molecule has 0 saturated carbocycles. The van der Waals surface area contributed by atoms with Crippen molar-refractivity contribution in [1.29, 1.82) is 5.26 Å². The van der Waals surface area contributed by atoms with Crippen LogP contribution < -0.4 is 0 Å². The molecule has 2 heterocycles. The predicted octanol–water partition coefficient (Wildman–Crippen LogP) is 8.21. The number of benzene rings is 4. The summed E-state index contributed by atoms with van der Waals surface area (Å²) >= 11 is 0. The smallest absolute Gasteiger partial charge is 0.410 e. The van der Waals surface area contributed by atoms with E-state index in [4.69, 9.17) is 4.74 Å². The van der Waals surface area contributed by atoms with Crippen LogP contribution in [0.4, 0.5) is 13.6 Å². The molecule has 1 fully saturated rings. The van der Waals surface area contributed by atoms with Crippen molar-refractivity contribution in [3.05, 3.63) is 125 Å². The number of ether oxygens (including phenoxy) is 1. The third kappa shape index (κ3) is 6.60. The molecule has 0 bridgehead atoms. The van der Waals surface area contributed by atoms with Crippen LogP contribution in [0.5, 0.6) is 0 Å². The summed E-state index contributed by atoms with van der Waals surface area (Å²) in [4.78, 5) is 35.5. The summed E-state index contributed by atoms with van der Waals surface area (Å²) in [5.74, 6) is -1.40. The maximum atomic E-state index is 15.8. The van der Waals surface area contributed by atoms with Crippen LogP contribution in [-0.2, 0) is 11.3 Å². The van der Waals surface area contributed by atoms with E-state index >= 15 is 4.39 Å². The van der Waals surface area contributed by atoms with Crippen molar-refractivity contribution in [3.63, 3.8) is 0 Å². The van der Waals surface area contributed by atoms with Gasteiger partial charge in [0.05, 0.1) is 28.8 Å². The summed E-state index contributed by atoms with van der Waals surface area (Å²) in [6.45, 7) is 4.42. The van der Waals surface area contributed by atoms with E-state index < -0.39 is 17.7 Å². The van der Waals surface area contributed by atoms with Gasteiger partial charge in [-0.05, 0) is 85.3 Å². The first kappa shape index (κ1) is 32.3. The molecule has 6 rings (SSSR count). The van der Waals surface area contributed by atoms with Gasteiger partial charge in [0, 0.05) is 42.8 Å². The maximum Gasteiger partial charge on any atom is 0.410 e. The molecular weight excluding hydrogens is 610 g/mol. The lowest BCUT2D eigenvalue weighted by Crippen LogP contribution is -2.44. The Bertz CT molecular complexity index is 2080. The minimum atomic E-state index is -0.562. The second-order valence-electron chi connectivity index (χ2n) is 12.3. The van der Waals surface area contributed by atoms with Crippen LogP contribution in [0.2, 0.25) is 0 Å². The number of hydrogen-bond donors (Lipinski definition) is 0. The lowest BCUT2D eigenvalue weighted by molar-refractivity contribution is 0.0692. The second-order valence-corrected chi connectivity index (χ2v) is 12.3. The van der Waals surface area contributed by atoms with Crippen molar-refractivity contribution in [3.8, 4) is 28.3 Å². The third-order valence-corrected chi connectivity index (χ3v) is 8.78. The quantitative estimate of drug-likeness (QED) is 0.178. The van der Waals surface area contributed by atoms with Gasteiger partial charge >= 0.3 is 6.09 Å². The number of nitriles is 1. The molecule has 242 valence electrons. The Labute approximate surface area is 278 Å². The summed E-state index contributed by atoms with van der Waals surface area (Å²) in [6.07, 6.45) is 2.54. The van der Waals surface area contributed by atoms with Gasteiger partial charge in [0.2, 0.25) is 0 Å². The fourth-order valence-corrected chi connectivity index (χ4v) is 6.43. The number of hydrogen-bond acceptors (Lipinski definition) is 5. The first-order valence-corrected chi connectivity index (χ1v) is 15.8. The van der Waals surface area contributed by atoms with Crippen LogP contribution >= 0.6 is 0 Å². The molecule has 1 saturated heterocycles. The lowest BCUT2D eigenvalue weighted by atomic mass is 9.92. The van der Waals surface area contributed by atoms with E-state index in [9.17, 15) is 19.2 Å². The minimum Gasteiger partial charge on any atom is -0.445 e. The number of aromatic nitrogens is 1. The lowest BCUT2D eigenvalue weighted by Gasteiger charge is -2.29. The van der Waals surface area contributed by atoms with E-state index in [1.807, 2.05) is 43.3 Å². The SMILES string of the molecule is Cc1cc(C)c(F)c(-c2cnc3ccc(-c4cc(F)cc(C#N)c4)cc3c2C(=O)N(C)C[C@@H]2CCCN2C(=O)OCc2ccccc2)c1. The number of carbonyl (C=O) groups excluding carboxylic acids is 2. The second kappa shape index (κ2) is 13.6. The van der Waals surface area contributed by atoms with Crippen molar-refractivity contribution >= 4 is 22.9 Å². The highest BCUT2D eigenvalue weighted by molar-refractivity contribution is 6.12. The van der Waals surface area contributed by atoms with Crippen molar-refractivity contribution in [1.82, 2.24) is 14.8 Å². The maximum absolute atomic E-state index is 15.8. The molecule has 0 spiro atoms. The zero-order valence-corrected chi connectivity index (χ0v) is 27.0. The standard InChI is InChI=1S/C39H34F2N4O3/c1-24-14-25(2)37(41)32(15-24)34-21-43-35-12-11-28(29-16-27(20-42)17-30(40)18-29)19-33(35)36(34)38(46)44(3)22-31-10-7-13-45(31)39(47)48-23-26-8-5-4-6-9-26/h4-6,8-9,11-12,14-19,21,31H,7,10,13,22-23H2,1-3H3/t31-/m0/s1. The van der Waals surface area contributed by atoms with Crippen molar-refractivity contribution in [2.75, 3.05) is 20.1 Å². The fraction of sp³-hybridized carbons (Fsp3) is 0.231. The molecular formula is C39H34F2N4O3. The number of halogens is 2. The highest BCUT2D eigenvalue weighted by Crippen LogP contribution is 2.36. The first-order valence-electron chi connectivity index (χ1n) is 15.8. The van der Waals surface area contributed by atoms with Crippen LogP contribution in [0.25, 0.3) is 33.2 Å². The van der Waals surface area contributed by atoms with E-state index in [1.165, 1.54) is 12.3 Å². The highest BCUT2D eigenvalue weighted by atomic mass is 19.1. The van der Waals surface area contributed by atoms with Gasteiger partial charge < -0.3 is 14.5 Å². The Morgan fingerprint density at radius 1 is 1.00 bits per heavy atom. The molecule has 1 atom stereocenters. The zero-order valence-electron chi connectivity index (χ0n) is 27.0. The largest absolute Gasteiger partial charge is 0.445 e. The molecule has 0 radical (unpaired) electrons. The van der Waals surface area contributed by atoms with E-state index in [2.05, 4.69) is 4.98 Å². The van der Waals surface area contributed by atoms with Crippen LogP contribution in [0, 0.1) is 36.8 Å². The summed E-state index contributed by atoms with van der Waals surface area (Å²) in [5.41, 5.74) is 4.62. The van der Waals surface area contributed by atoms with E-state index in [0.29, 0.717) is 46.1 Å². The molecule has 0 aliphatic carbocycles. The van der Waals surface area contributed by atoms with Gasteiger partial charge in [-0.2, -0.15) is 5.26 Å². The number of rotatable bonds is 7. The van der Waals surface area contributed by atoms with Gasteiger partial charge in [-0.1, -0.05) is 48.0 Å². The van der Waals surface area contributed by atoms with Gasteiger partial charge in [0.1, 0.15) is 18.2 Å². The highest BCUT2D eigenvalue weighted by Gasteiger charge is 2.33. The molecule has 5 aromatic rings. The molecule has 4 aromatic carbocycles. The van der Waals surface area contributed by atoms with Crippen molar-refractivity contribution < 1.29 is 23.1 Å². The fourth-order valence-electron chi connectivity index (χ4n) is 6.43. The average molecular weight is 645 g/mol. The van der Waals surface area contributed by atoms with Crippen LogP contribution in [-0.4, -0.2) is 53.0 Å². The molecule has 1 aliphatic rings. The number of fused-ring (bicyclic) bond motifs is 1. The Hall–Kier alpha value is -5.62. The summed E-state index contributed by atoms with van der Waals surface area (Å²) in [6, 6.07) is 23.8. The molecule has 1 aromatic heterocycles. The van der Waals surface area contributed by atoms with Crippen LogP contribution in [0.1, 0.15) is 45.5 Å². The molecule has 7 nitrogen and oxygen atoms in total. The Kier molecular flexibility index (Phi) is 9.17.